The lowest BCUT2D eigenvalue weighted by Crippen LogP contribution is -2.08. The van der Waals surface area contributed by atoms with E-state index in [1.807, 2.05) is 22.9 Å². The van der Waals surface area contributed by atoms with Gasteiger partial charge in [0.2, 0.25) is 5.75 Å². The average Bonchev–Trinajstić information content (AvgIpc) is 3.29. The van der Waals surface area contributed by atoms with Gasteiger partial charge in [0.05, 0.1) is 26.5 Å². The smallest absolute Gasteiger partial charge is 0.200 e. The minimum Gasteiger partial charge on any atom is -0.502 e. The second kappa shape index (κ2) is 6.68. The van der Waals surface area contributed by atoms with Crippen LogP contribution in [-0.4, -0.2) is 39.1 Å². The van der Waals surface area contributed by atoms with E-state index in [9.17, 15) is 5.11 Å². The monoisotopic (exact) mass is 364 g/mol. The number of ether oxygens (including phenoxy) is 2. The van der Waals surface area contributed by atoms with Crippen molar-refractivity contribution in [2.45, 2.75) is 13.0 Å². The van der Waals surface area contributed by atoms with Gasteiger partial charge in [0.1, 0.15) is 11.3 Å². The molecule has 2 N–H and O–H groups in total. The predicted molar refractivity (Wildman–Crippen MR) is 102 cm³/mol. The predicted octanol–water partition coefficient (Wildman–Crippen LogP) is 3.76. The van der Waals surface area contributed by atoms with Gasteiger partial charge in [0.15, 0.2) is 17.1 Å². The van der Waals surface area contributed by atoms with E-state index in [0.717, 1.165) is 22.3 Å². The Bertz CT molecular complexity index is 1060. The minimum absolute atomic E-state index is 0.0382. The zero-order valence-corrected chi connectivity index (χ0v) is 15.3. The van der Waals surface area contributed by atoms with E-state index in [1.54, 1.807) is 18.3 Å². The molecule has 0 fully saturated rings. The van der Waals surface area contributed by atoms with Crippen molar-refractivity contribution in [1.29, 1.82) is 0 Å². The number of imidazole rings is 1. The number of benzene rings is 2. The van der Waals surface area contributed by atoms with Crippen LogP contribution >= 0.6 is 0 Å². The van der Waals surface area contributed by atoms with Gasteiger partial charge in [-0.25, -0.2) is 9.67 Å². The van der Waals surface area contributed by atoms with Crippen molar-refractivity contribution < 1.29 is 14.6 Å². The van der Waals surface area contributed by atoms with Gasteiger partial charge in [0, 0.05) is 5.56 Å². The fourth-order valence-electron chi connectivity index (χ4n) is 3.14. The summed E-state index contributed by atoms with van der Waals surface area (Å²) in [4.78, 5) is 8.00. The molecule has 4 aromatic rings. The van der Waals surface area contributed by atoms with Crippen molar-refractivity contribution >= 4 is 11.2 Å². The molecule has 138 valence electrons. The maximum Gasteiger partial charge on any atom is 0.200 e. The Labute approximate surface area is 156 Å². The summed E-state index contributed by atoms with van der Waals surface area (Å²) in [6.07, 6.45) is 1.76. The molecule has 7 heteroatoms. The van der Waals surface area contributed by atoms with Gasteiger partial charge in [-0.05, 0) is 24.6 Å². The number of aromatic amines is 1. The number of nitrogens with zero attached hydrogens (tertiary/aromatic N) is 3. The number of fused-ring (bicyclic) bond motifs is 1. The number of rotatable bonds is 5. The molecule has 27 heavy (non-hydrogen) atoms. The number of aromatic nitrogens is 4. The second-order valence-corrected chi connectivity index (χ2v) is 6.23. The van der Waals surface area contributed by atoms with Crippen molar-refractivity contribution in [3.05, 3.63) is 54.2 Å². The van der Waals surface area contributed by atoms with Crippen LogP contribution in [-0.2, 0) is 0 Å². The summed E-state index contributed by atoms with van der Waals surface area (Å²) in [6, 6.07) is 13.6. The molecule has 2 aromatic heterocycles. The van der Waals surface area contributed by atoms with Gasteiger partial charge in [0.25, 0.3) is 0 Å². The molecule has 0 aliphatic carbocycles. The molecule has 2 heterocycles. The first-order valence-corrected chi connectivity index (χ1v) is 8.56. The molecule has 0 radical (unpaired) electrons. The number of nitrogens with one attached hydrogen (secondary N) is 1. The molecular weight excluding hydrogens is 344 g/mol. The van der Waals surface area contributed by atoms with Crippen LogP contribution in [0.3, 0.4) is 0 Å². The number of H-pyrrole nitrogens is 1. The van der Waals surface area contributed by atoms with Crippen LogP contribution in [0.2, 0.25) is 0 Å². The number of hydrogen-bond donors (Lipinski definition) is 2. The van der Waals surface area contributed by atoms with Gasteiger partial charge < -0.3 is 19.6 Å². The molecule has 0 aliphatic heterocycles. The van der Waals surface area contributed by atoms with Crippen molar-refractivity contribution in [2.24, 2.45) is 0 Å². The molecule has 7 nitrogen and oxygen atoms in total. The van der Waals surface area contributed by atoms with Crippen molar-refractivity contribution in [1.82, 2.24) is 19.7 Å². The third-order valence-corrected chi connectivity index (χ3v) is 4.64. The minimum atomic E-state index is -0.0382. The summed E-state index contributed by atoms with van der Waals surface area (Å²) in [6.45, 7) is 2.09. The van der Waals surface area contributed by atoms with Crippen molar-refractivity contribution in [2.75, 3.05) is 14.2 Å². The molecule has 0 saturated heterocycles. The van der Waals surface area contributed by atoms with Crippen molar-refractivity contribution in [3.8, 4) is 28.6 Å². The third-order valence-electron chi connectivity index (χ3n) is 4.64. The van der Waals surface area contributed by atoms with E-state index in [0.29, 0.717) is 17.3 Å². The molecule has 1 unspecified atom stereocenters. The van der Waals surface area contributed by atoms with Gasteiger partial charge >= 0.3 is 0 Å². The summed E-state index contributed by atoms with van der Waals surface area (Å²) < 4.78 is 12.4. The standard InChI is InChI=1S/C20H20N4O3/c1-12(13-7-5-4-6-8-13)24-20-15(11-21-24)22-19(23-20)14-9-16(26-2)18(25)17(10-14)27-3/h4-12,25H,1-3H3,(H,22,23). The first kappa shape index (κ1) is 17.0. The summed E-state index contributed by atoms with van der Waals surface area (Å²) in [5.74, 6) is 1.25. The zero-order chi connectivity index (χ0) is 19.0. The second-order valence-electron chi connectivity index (χ2n) is 6.23. The van der Waals surface area contributed by atoms with E-state index < -0.39 is 0 Å². The fraction of sp³-hybridized carbons (Fsp3) is 0.200. The normalized spacial score (nSPS) is 12.3. The molecule has 0 bridgehead atoms. The number of methoxy groups -OCH3 is 2. The Morgan fingerprint density at radius 1 is 1.07 bits per heavy atom. The molecular formula is C20H20N4O3. The van der Waals surface area contributed by atoms with Crippen LogP contribution in [0.25, 0.3) is 22.6 Å². The fourth-order valence-corrected chi connectivity index (χ4v) is 3.14. The maximum atomic E-state index is 10.1. The van der Waals surface area contributed by atoms with Crippen LogP contribution in [0.4, 0.5) is 0 Å². The Balaban J connectivity index is 1.79. The first-order valence-electron chi connectivity index (χ1n) is 8.56. The van der Waals surface area contributed by atoms with E-state index in [2.05, 4.69) is 29.1 Å². The lowest BCUT2D eigenvalue weighted by molar-refractivity contribution is 0.340. The highest BCUT2D eigenvalue weighted by Gasteiger charge is 2.18. The highest BCUT2D eigenvalue weighted by molar-refractivity contribution is 5.77. The summed E-state index contributed by atoms with van der Waals surface area (Å²) in [5, 5.41) is 14.6. The van der Waals surface area contributed by atoms with E-state index in [4.69, 9.17) is 14.5 Å². The first-order chi connectivity index (χ1) is 13.1. The number of phenols is 1. The quantitative estimate of drug-likeness (QED) is 0.563. The third kappa shape index (κ3) is 2.87. The van der Waals surface area contributed by atoms with Crippen LogP contribution in [0.5, 0.6) is 17.2 Å². The van der Waals surface area contributed by atoms with E-state index >= 15 is 0 Å². The highest BCUT2D eigenvalue weighted by atomic mass is 16.5. The van der Waals surface area contributed by atoms with Gasteiger partial charge in [-0.2, -0.15) is 5.10 Å². The van der Waals surface area contributed by atoms with Crippen LogP contribution < -0.4 is 9.47 Å². The summed E-state index contributed by atoms with van der Waals surface area (Å²) >= 11 is 0. The van der Waals surface area contributed by atoms with Gasteiger partial charge in [-0.3, -0.25) is 0 Å². The van der Waals surface area contributed by atoms with Crippen LogP contribution in [0.15, 0.2) is 48.7 Å². The van der Waals surface area contributed by atoms with Crippen LogP contribution in [0.1, 0.15) is 18.5 Å². The van der Waals surface area contributed by atoms with Gasteiger partial charge in [-0.1, -0.05) is 30.3 Å². The zero-order valence-electron chi connectivity index (χ0n) is 15.3. The summed E-state index contributed by atoms with van der Waals surface area (Å²) in [5.41, 5.74) is 3.49. The number of phenolic OH excluding ortho intramolecular Hbond substituents is 1. The average molecular weight is 364 g/mol. The SMILES string of the molecule is COc1cc(-c2nc3c(cnn3C(C)c3ccccc3)[nH]2)cc(OC)c1O. The summed E-state index contributed by atoms with van der Waals surface area (Å²) in [7, 11) is 2.99. The van der Waals surface area contributed by atoms with E-state index in [1.165, 1.54) is 14.2 Å². The Morgan fingerprint density at radius 3 is 2.37 bits per heavy atom. The van der Waals surface area contributed by atoms with E-state index in [-0.39, 0.29) is 11.8 Å². The topological polar surface area (TPSA) is 85.2 Å². The molecule has 0 spiro atoms. The largest absolute Gasteiger partial charge is 0.502 e. The molecule has 0 saturated carbocycles. The molecule has 0 amide bonds. The lowest BCUT2D eigenvalue weighted by atomic mass is 10.1. The maximum absolute atomic E-state index is 10.1. The highest BCUT2D eigenvalue weighted by Crippen LogP contribution is 2.40. The molecule has 2 aromatic carbocycles. The Hall–Kier alpha value is -3.48. The van der Waals surface area contributed by atoms with Gasteiger partial charge in [-0.15, -0.1) is 0 Å². The Kier molecular flexibility index (Phi) is 4.19. The Morgan fingerprint density at radius 2 is 1.74 bits per heavy atom. The number of hydrogen-bond acceptors (Lipinski definition) is 5. The molecule has 4 rings (SSSR count). The van der Waals surface area contributed by atoms with Crippen molar-refractivity contribution in [3.63, 3.8) is 0 Å². The number of aromatic hydroxyl groups is 1. The van der Waals surface area contributed by atoms with Crippen LogP contribution in [0, 0.1) is 0 Å². The molecule has 1 atom stereocenters. The molecule has 0 aliphatic rings. The lowest BCUT2D eigenvalue weighted by Gasteiger charge is -2.12.